The monoisotopic (exact) mass is 362 g/mol. The molecule has 27 heavy (non-hydrogen) atoms. The number of hydrogen-bond donors (Lipinski definition) is 1. The SMILES string of the molecule is CCCCn1c(=O)[nH]c2cc(-c3nc(-c4ccccc4)no3)ccc2c1=O. The van der Waals surface area contributed by atoms with Gasteiger partial charge >= 0.3 is 5.69 Å². The van der Waals surface area contributed by atoms with Crippen molar-refractivity contribution < 1.29 is 4.52 Å². The summed E-state index contributed by atoms with van der Waals surface area (Å²) < 4.78 is 6.60. The minimum absolute atomic E-state index is 0.288. The van der Waals surface area contributed by atoms with Gasteiger partial charge in [-0.15, -0.1) is 0 Å². The lowest BCUT2D eigenvalue weighted by atomic mass is 10.1. The second-order valence-electron chi connectivity index (χ2n) is 6.29. The van der Waals surface area contributed by atoms with E-state index in [9.17, 15) is 9.59 Å². The predicted molar refractivity (Wildman–Crippen MR) is 102 cm³/mol. The summed E-state index contributed by atoms with van der Waals surface area (Å²) >= 11 is 0. The highest BCUT2D eigenvalue weighted by molar-refractivity contribution is 5.82. The highest BCUT2D eigenvalue weighted by Crippen LogP contribution is 2.23. The van der Waals surface area contributed by atoms with Crippen molar-refractivity contribution in [2.24, 2.45) is 0 Å². The van der Waals surface area contributed by atoms with Crippen molar-refractivity contribution in [3.8, 4) is 22.8 Å². The van der Waals surface area contributed by atoms with Gasteiger partial charge in [0.15, 0.2) is 0 Å². The molecule has 0 saturated carbocycles. The van der Waals surface area contributed by atoms with Gasteiger partial charge in [0.1, 0.15) is 0 Å². The Morgan fingerprint density at radius 2 is 1.89 bits per heavy atom. The molecule has 2 aromatic carbocycles. The number of H-pyrrole nitrogens is 1. The van der Waals surface area contributed by atoms with Gasteiger partial charge in [-0.1, -0.05) is 48.8 Å². The summed E-state index contributed by atoms with van der Waals surface area (Å²) in [5, 5.41) is 4.46. The molecule has 136 valence electrons. The van der Waals surface area contributed by atoms with E-state index in [1.54, 1.807) is 18.2 Å². The Bertz CT molecular complexity index is 1210. The molecule has 0 atom stereocenters. The summed E-state index contributed by atoms with van der Waals surface area (Å²) in [6.07, 6.45) is 1.68. The Labute approximate surface area is 154 Å². The molecule has 2 aromatic heterocycles. The number of nitrogens with one attached hydrogen (secondary N) is 1. The minimum Gasteiger partial charge on any atom is -0.334 e. The molecule has 0 spiro atoms. The Kier molecular flexibility index (Phi) is 4.42. The van der Waals surface area contributed by atoms with Crippen molar-refractivity contribution in [1.82, 2.24) is 19.7 Å². The molecule has 0 aliphatic heterocycles. The molecule has 0 saturated heterocycles. The van der Waals surface area contributed by atoms with Gasteiger partial charge in [0.2, 0.25) is 5.82 Å². The molecule has 0 radical (unpaired) electrons. The summed E-state index contributed by atoms with van der Waals surface area (Å²) in [5.74, 6) is 0.806. The smallest absolute Gasteiger partial charge is 0.328 e. The third-order valence-electron chi connectivity index (χ3n) is 4.42. The maximum absolute atomic E-state index is 12.6. The van der Waals surface area contributed by atoms with Gasteiger partial charge in [-0.05, 0) is 24.6 Å². The van der Waals surface area contributed by atoms with Crippen LogP contribution in [-0.2, 0) is 6.54 Å². The van der Waals surface area contributed by atoms with E-state index in [1.807, 2.05) is 37.3 Å². The Hall–Kier alpha value is -3.48. The van der Waals surface area contributed by atoms with E-state index < -0.39 is 5.69 Å². The van der Waals surface area contributed by atoms with E-state index in [4.69, 9.17) is 4.52 Å². The molecule has 4 rings (SSSR count). The third kappa shape index (κ3) is 3.19. The largest absolute Gasteiger partial charge is 0.334 e. The van der Waals surface area contributed by atoms with Crippen LogP contribution in [0.2, 0.25) is 0 Å². The number of nitrogens with zero attached hydrogens (tertiary/aromatic N) is 3. The molecular weight excluding hydrogens is 344 g/mol. The van der Waals surface area contributed by atoms with Crippen LogP contribution in [0.25, 0.3) is 33.7 Å². The zero-order valence-electron chi connectivity index (χ0n) is 14.8. The van der Waals surface area contributed by atoms with Gasteiger partial charge in [0, 0.05) is 17.7 Å². The molecular formula is C20H18N4O3. The van der Waals surface area contributed by atoms with Gasteiger partial charge < -0.3 is 9.51 Å². The van der Waals surface area contributed by atoms with Crippen LogP contribution in [-0.4, -0.2) is 19.7 Å². The number of benzene rings is 2. The van der Waals surface area contributed by atoms with Crippen LogP contribution < -0.4 is 11.2 Å². The highest BCUT2D eigenvalue weighted by Gasteiger charge is 2.13. The lowest BCUT2D eigenvalue weighted by molar-refractivity contribution is 0.432. The summed E-state index contributed by atoms with van der Waals surface area (Å²) in [4.78, 5) is 32.0. The first kappa shape index (κ1) is 17.0. The first-order chi connectivity index (χ1) is 13.2. The predicted octanol–water partition coefficient (Wildman–Crippen LogP) is 3.21. The van der Waals surface area contributed by atoms with Crippen LogP contribution in [0.15, 0.2) is 62.6 Å². The molecule has 0 aliphatic rings. The fraction of sp³-hybridized carbons (Fsp3) is 0.200. The van der Waals surface area contributed by atoms with Crippen molar-refractivity contribution in [2.75, 3.05) is 0 Å². The van der Waals surface area contributed by atoms with E-state index in [0.29, 0.717) is 34.7 Å². The second-order valence-corrected chi connectivity index (χ2v) is 6.29. The molecule has 4 aromatic rings. The van der Waals surface area contributed by atoms with E-state index in [0.717, 1.165) is 18.4 Å². The maximum Gasteiger partial charge on any atom is 0.328 e. The van der Waals surface area contributed by atoms with Crippen molar-refractivity contribution in [3.05, 3.63) is 69.4 Å². The molecule has 7 heteroatoms. The molecule has 0 amide bonds. The quantitative estimate of drug-likeness (QED) is 0.588. The fourth-order valence-electron chi connectivity index (χ4n) is 2.95. The van der Waals surface area contributed by atoms with E-state index in [2.05, 4.69) is 15.1 Å². The number of aromatic amines is 1. The van der Waals surface area contributed by atoms with Crippen LogP contribution in [0.4, 0.5) is 0 Å². The van der Waals surface area contributed by atoms with Gasteiger partial charge in [0.05, 0.1) is 10.9 Å². The number of aromatic nitrogens is 4. The third-order valence-corrected chi connectivity index (χ3v) is 4.42. The van der Waals surface area contributed by atoms with Crippen LogP contribution in [0.3, 0.4) is 0 Å². The van der Waals surface area contributed by atoms with Crippen molar-refractivity contribution in [1.29, 1.82) is 0 Å². The molecule has 2 heterocycles. The van der Waals surface area contributed by atoms with E-state index >= 15 is 0 Å². The van der Waals surface area contributed by atoms with Crippen LogP contribution in [0.1, 0.15) is 19.8 Å². The normalized spacial score (nSPS) is 11.1. The maximum atomic E-state index is 12.6. The standard InChI is InChI=1S/C20H18N4O3/c1-2-3-11-24-19(25)15-10-9-14(12-16(15)21-20(24)26)18-22-17(23-27-18)13-7-5-4-6-8-13/h4-10,12H,2-3,11H2,1H3,(H,21,26). The lowest BCUT2D eigenvalue weighted by Gasteiger charge is -2.06. The van der Waals surface area contributed by atoms with Crippen LogP contribution in [0, 0.1) is 0 Å². The lowest BCUT2D eigenvalue weighted by Crippen LogP contribution is -2.35. The zero-order chi connectivity index (χ0) is 18.8. The zero-order valence-corrected chi connectivity index (χ0v) is 14.8. The van der Waals surface area contributed by atoms with Gasteiger partial charge in [-0.2, -0.15) is 4.98 Å². The fourth-order valence-corrected chi connectivity index (χ4v) is 2.95. The number of fused-ring (bicyclic) bond motifs is 1. The number of hydrogen-bond acceptors (Lipinski definition) is 5. The van der Waals surface area contributed by atoms with Crippen molar-refractivity contribution in [2.45, 2.75) is 26.3 Å². The Balaban J connectivity index is 1.75. The number of unbranched alkanes of at least 4 members (excludes halogenated alkanes) is 1. The van der Waals surface area contributed by atoms with Gasteiger partial charge in [-0.3, -0.25) is 9.36 Å². The average Bonchev–Trinajstić information content (AvgIpc) is 3.18. The Morgan fingerprint density at radius 3 is 2.67 bits per heavy atom. The summed E-state index contributed by atoms with van der Waals surface area (Å²) in [6, 6.07) is 14.6. The molecule has 0 fully saturated rings. The first-order valence-corrected chi connectivity index (χ1v) is 8.84. The summed E-state index contributed by atoms with van der Waals surface area (Å²) in [7, 11) is 0. The van der Waals surface area contributed by atoms with Crippen molar-refractivity contribution >= 4 is 10.9 Å². The highest BCUT2D eigenvalue weighted by atomic mass is 16.5. The molecule has 0 bridgehead atoms. The number of rotatable bonds is 5. The average molecular weight is 362 g/mol. The summed E-state index contributed by atoms with van der Waals surface area (Å²) in [6.45, 7) is 2.42. The molecule has 7 nitrogen and oxygen atoms in total. The molecule has 1 N–H and O–H groups in total. The second kappa shape index (κ2) is 7.03. The first-order valence-electron chi connectivity index (χ1n) is 8.84. The Morgan fingerprint density at radius 1 is 1.07 bits per heavy atom. The van der Waals surface area contributed by atoms with E-state index in [-0.39, 0.29) is 5.56 Å². The molecule has 0 unspecified atom stereocenters. The van der Waals surface area contributed by atoms with Crippen LogP contribution >= 0.6 is 0 Å². The molecule has 0 aliphatic carbocycles. The van der Waals surface area contributed by atoms with Crippen LogP contribution in [0.5, 0.6) is 0 Å². The van der Waals surface area contributed by atoms with Gasteiger partial charge in [0.25, 0.3) is 11.4 Å². The van der Waals surface area contributed by atoms with Gasteiger partial charge in [-0.25, -0.2) is 4.79 Å². The summed E-state index contributed by atoms with van der Waals surface area (Å²) in [5.41, 5.74) is 1.24. The minimum atomic E-state index is -0.409. The topological polar surface area (TPSA) is 93.8 Å². The van der Waals surface area contributed by atoms with E-state index in [1.165, 1.54) is 4.57 Å². The van der Waals surface area contributed by atoms with Crippen molar-refractivity contribution in [3.63, 3.8) is 0 Å².